The first-order chi connectivity index (χ1) is 7.83. The first kappa shape index (κ1) is 11.6. The van der Waals surface area contributed by atoms with E-state index in [1.54, 1.807) is 11.3 Å². The van der Waals surface area contributed by atoms with Crippen molar-refractivity contribution in [3.8, 4) is 0 Å². The molecule has 16 heavy (non-hydrogen) atoms. The molecule has 1 heterocycles. The molecule has 2 rings (SSSR count). The molecular formula is C14H19NS. The van der Waals surface area contributed by atoms with Gasteiger partial charge in [0.1, 0.15) is 0 Å². The van der Waals surface area contributed by atoms with Gasteiger partial charge in [-0.05, 0) is 28.8 Å². The Kier molecular flexibility index (Phi) is 3.97. The van der Waals surface area contributed by atoms with Crippen LogP contribution in [-0.2, 0) is 0 Å². The van der Waals surface area contributed by atoms with Gasteiger partial charge in [0.05, 0.1) is 0 Å². The first-order valence-corrected chi connectivity index (χ1v) is 6.92. The highest BCUT2D eigenvalue weighted by Crippen LogP contribution is 2.31. The third kappa shape index (κ3) is 2.45. The minimum Gasteiger partial charge on any atom is -0.324 e. The van der Waals surface area contributed by atoms with E-state index >= 15 is 0 Å². The molecule has 2 aromatic rings. The first-order valence-electron chi connectivity index (χ1n) is 6.04. The van der Waals surface area contributed by atoms with E-state index in [9.17, 15) is 0 Å². The molecule has 0 aliphatic heterocycles. The van der Waals surface area contributed by atoms with Crippen LogP contribution in [0.15, 0.2) is 29.6 Å². The van der Waals surface area contributed by atoms with Gasteiger partial charge >= 0.3 is 0 Å². The average molecular weight is 233 g/mol. The van der Waals surface area contributed by atoms with Gasteiger partial charge < -0.3 is 5.73 Å². The van der Waals surface area contributed by atoms with Crippen molar-refractivity contribution in [1.82, 2.24) is 0 Å². The van der Waals surface area contributed by atoms with Gasteiger partial charge in [0.15, 0.2) is 0 Å². The van der Waals surface area contributed by atoms with Crippen LogP contribution in [0.4, 0.5) is 0 Å². The molecule has 2 N–H and O–H groups in total. The number of fused-ring (bicyclic) bond motifs is 1. The number of benzene rings is 1. The minimum atomic E-state index is 0.211. The molecule has 1 aromatic heterocycles. The Hall–Kier alpha value is -0.860. The summed E-state index contributed by atoms with van der Waals surface area (Å²) < 4.78 is 1.35. The van der Waals surface area contributed by atoms with Gasteiger partial charge in [-0.2, -0.15) is 0 Å². The summed E-state index contributed by atoms with van der Waals surface area (Å²) in [5, 5.41) is 3.57. The molecule has 1 nitrogen and oxygen atoms in total. The van der Waals surface area contributed by atoms with E-state index in [1.807, 2.05) is 0 Å². The number of thiophene rings is 1. The van der Waals surface area contributed by atoms with Gasteiger partial charge in [-0.3, -0.25) is 0 Å². The second-order valence-electron chi connectivity index (χ2n) is 4.29. The summed E-state index contributed by atoms with van der Waals surface area (Å²) in [7, 11) is 0. The lowest BCUT2D eigenvalue weighted by Gasteiger charge is -2.10. The van der Waals surface area contributed by atoms with Crippen LogP contribution in [0.3, 0.4) is 0 Å². The highest BCUT2D eigenvalue weighted by Gasteiger charge is 2.10. The van der Waals surface area contributed by atoms with Crippen molar-refractivity contribution in [2.45, 2.75) is 38.6 Å². The normalized spacial score (nSPS) is 13.1. The van der Waals surface area contributed by atoms with Crippen molar-refractivity contribution >= 4 is 21.4 Å². The van der Waals surface area contributed by atoms with Gasteiger partial charge in [0.25, 0.3) is 0 Å². The van der Waals surface area contributed by atoms with E-state index in [0.717, 1.165) is 6.42 Å². The molecule has 0 aliphatic rings. The summed E-state index contributed by atoms with van der Waals surface area (Å²) in [6, 6.07) is 8.74. The maximum atomic E-state index is 6.25. The minimum absolute atomic E-state index is 0.211. The molecule has 0 radical (unpaired) electrons. The van der Waals surface area contributed by atoms with Crippen molar-refractivity contribution < 1.29 is 0 Å². The van der Waals surface area contributed by atoms with Crippen molar-refractivity contribution in [3.05, 3.63) is 35.2 Å². The van der Waals surface area contributed by atoms with Crippen LogP contribution in [0.1, 0.15) is 44.2 Å². The highest BCUT2D eigenvalue weighted by atomic mass is 32.1. The largest absolute Gasteiger partial charge is 0.324 e. The van der Waals surface area contributed by atoms with Crippen LogP contribution >= 0.6 is 11.3 Å². The molecule has 86 valence electrons. The molecular weight excluding hydrogens is 214 g/mol. The van der Waals surface area contributed by atoms with Crippen LogP contribution in [0.25, 0.3) is 10.1 Å². The monoisotopic (exact) mass is 233 g/mol. The van der Waals surface area contributed by atoms with Crippen LogP contribution in [0.2, 0.25) is 0 Å². The number of nitrogens with two attached hydrogens (primary N) is 1. The van der Waals surface area contributed by atoms with Crippen molar-refractivity contribution in [2.75, 3.05) is 0 Å². The summed E-state index contributed by atoms with van der Waals surface area (Å²) >= 11 is 1.80. The lowest BCUT2D eigenvalue weighted by atomic mass is 10.0. The zero-order valence-corrected chi connectivity index (χ0v) is 10.6. The van der Waals surface area contributed by atoms with Crippen molar-refractivity contribution in [1.29, 1.82) is 0 Å². The van der Waals surface area contributed by atoms with Crippen molar-refractivity contribution in [3.63, 3.8) is 0 Å². The smallest absolute Gasteiger partial charge is 0.0346 e. The molecule has 0 saturated carbocycles. The summed E-state index contributed by atoms with van der Waals surface area (Å²) in [4.78, 5) is 0. The molecule has 2 heteroatoms. The molecule has 0 unspecified atom stereocenters. The van der Waals surface area contributed by atoms with E-state index in [4.69, 9.17) is 5.73 Å². The molecule has 1 aromatic carbocycles. The molecule has 1 atom stereocenters. The molecule has 0 spiro atoms. The van der Waals surface area contributed by atoms with Crippen LogP contribution in [0, 0.1) is 0 Å². The van der Waals surface area contributed by atoms with Crippen molar-refractivity contribution in [2.24, 2.45) is 5.73 Å². The van der Waals surface area contributed by atoms with E-state index < -0.39 is 0 Å². The van der Waals surface area contributed by atoms with Crippen LogP contribution in [0.5, 0.6) is 0 Å². The van der Waals surface area contributed by atoms with Crippen LogP contribution in [-0.4, -0.2) is 0 Å². The van der Waals surface area contributed by atoms with Gasteiger partial charge in [-0.15, -0.1) is 11.3 Å². The zero-order valence-electron chi connectivity index (χ0n) is 9.78. The Morgan fingerprint density at radius 2 is 2.06 bits per heavy atom. The number of rotatable bonds is 5. The van der Waals surface area contributed by atoms with E-state index in [-0.39, 0.29) is 6.04 Å². The molecule has 0 saturated heterocycles. The average Bonchev–Trinajstić information content (AvgIpc) is 2.73. The predicted octanol–water partition coefficient (Wildman–Crippen LogP) is 4.48. The fraction of sp³-hybridized carbons (Fsp3) is 0.429. The summed E-state index contributed by atoms with van der Waals surface area (Å²) in [6.45, 7) is 2.23. The Labute approximate surface area is 101 Å². The Bertz CT molecular complexity index is 447. The van der Waals surface area contributed by atoms with Gasteiger partial charge in [0, 0.05) is 10.7 Å². The second kappa shape index (κ2) is 5.46. The van der Waals surface area contributed by atoms with E-state index in [0.29, 0.717) is 0 Å². The molecule has 0 fully saturated rings. The SMILES string of the molecule is CCCCC[C@H](N)c1csc2ccccc12. The Morgan fingerprint density at radius 1 is 1.25 bits per heavy atom. The maximum Gasteiger partial charge on any atom is 0.0346 e. The third-order valence-electron chi connectivity index (χ3n) is 3.03. The van der Waals surface area contributed by atoms with E-state index in [1.165, 1.54) is 34.9 Å². The lowest BCUT2D eigenvalue weighted by Crippen LogP contribution is -2.09. The topological polar surface area (TPSA) is 26.0 Å². The number of hydrogen-bond acceptors (Lipinski definition) is 2. The second-order valence-corrected chi connectivity index (χ2v) is 5.20. The Morgan fingerprint density at radius 3 is 2.88 bits per heavy atom. The van der Waals surface area contributed by atoms with Gasteiger partial charge in [-0.25, -0.2) is 0 Å². The third-order valence-corrected chi connectivity index (χ3v) is 4.01. The standard InChI is InChI=1S/C14H19NS/c1-2-3-4-8-13(15)12-10-16-14-9-6-5-7-11(12)14/h5-7,9-10,13H,2-4,8,15H2,1H3/t13-/m0/s1. The number of hydrogen-bond donors (Lipinski definition) is 1. The highest BCUT2D eigenvalue weighted by molar-refractivity contribution is 7.17. The quantitative estimate of drug-likeness (QED) is 0.757. The van der Waals surface area contributed by atoms with E-state index in [2.05, 4.69) is 36.6 Å². The summed E-state index contributed by atoms with van der Waals surface area (Å²) in [5.74, 6) is 0. The van der Waals surface area contributed by atoms with Gasteiger partial charge in [0.2, 0.25) is 0 Å². The Balaban J connectivity index is 2.13. The zero-order chi connectivity index (χ0) is 11.4. The number of unbranched alkanes of at least 4 members (excludes halogenated alkanes) is 2. The predicted molar refractivity (Wildman–Crippen MR) is 72.9 cm³/mol. The van der Waals surface area contributed by atoms with Crippen LogP contribution < -0.4 is 5.73 Å². The summed E-state index contributed by atoms with van der Waals surface area (Å²) in [5.41, 5.74) is 7.58. The van der Waals surface area contributed by atoms with Gasteiger partial charge in [-0.1, -0.05) is 44.4 Å². The summed E-state index contributed by atoms with van der Waals surface area (Å²) in [6.07, 6.45) is 4.89. The molecule has 0 aliphatic carbocycles. The maximum absolute atomic E-state index is 6.25. The fourth-order valence-electron chi connectivity index (χ4n) is 2.06. The molecule has 0 amide bonds. The molecule has 0 bridgehead atoms. The fourth-order valence-corrected chi connectivity index (χ4v) is 3.08. The lowest BCUT2D eigenvalue weighted by molar-refractivity contribution is 0.585.